The number of rotatable bonds is 8. The van der Waals surface area contributed by atoms with Crippen LogP contribution >= 0.6 is 0 Å². The van der Waals surface area contributed by atoms with Crippen molar-refractivity contribution in [1.82, 2.24) is 5.32 Å². The van der Waals surface area contributed by atoms with Gasteiger partial charge in [-0.3, -0.25) is 14.5 Å². The number of amides is 2. The molecular formula is C19H28N2O3. The highest BCUT2D eigenvalue weighted by Crippen LogP contribution is 2.42. The van der Waals surface area contributed by atoms with Crippen molar-refractivity contribution in [2.75, 3.05) is 18.6 Å². The Kier molecular flexibility index (Phi) is 5.86. The summed E-state index contributed by atoms with van der Waals surface area (Å²) < 4.78 is 5.15. The Labute approximate surface area is 144 Å². The summed E-state index contributed by atoms with van der Waals surface area (Å²) in [6.07, 6.45) is 4.44. The lowest BCUT2D eigenvalue weighted by molar-refractivity contribution is -0.145. The minimum absolute atomic E-state index is 0.0289. The maximum atomic E-state index is 12.6. The van der Waals surface area contributed by atoms with Crippen LogP contribution in [0.4, 0.5) is 5.69 Å². The van der Waals surface area contributed by atoms with Crippen LogP contribution in [0.15, 0.2) is 24.3 Å². The molecule has 1 aromatic rings. The van der Waals surface area contributed by atoms with Gasteiger partial charge >= 0.3 is 0 Å². The Morgan fingerprint density at radius 3 is 2.46 bits per heavy atom. The first-order valence-corrected chi connectivity index (χ1v) is 8.69. The minimum atomic E-state index is -0.673. The van der Waals surface area contributed by atoms with Crippen molar-refractivity contribution in [1.29, 1.82) is 0 Å². The lowest BCUT2D eigenvalue weighted by atomic mass is 9.73. The Hall–Kier alpha value is -2.04. The smallest absolute Gasteiger partial charge is 0.244 e. The molecule has 1 aliphatic rings. The zero-order valence-corrected chi connectivity index (χ0v) is 15.1. The van der Waals surface area contributed by atoms with E-state index in [1.54, 1.807) is 24.1 Å². The molecule has 1 aliphatic heterocycles. The van der Waals surface area contributed by atoms with Crippen molar-refractivity contribution in [2.24, 2.45) is 5.41 Å². The van der Waals surface area contributed by atoms with Gasteiger partial charge in [0, 0.05) is 12.2 Å². The fraction of sp³-hybridized carbons (Fsp3) is 0.579. The molecule has 0 spiro atoms. The number of anilines is 1. The topological polar surface area (TPSA) is 58.6 Å². The number of hydrogen-bond acceptors (Lipinski definition) is 3. The van der Waals surface area contributed by atoms with Crippen LogP contribution in [0.3, 0.4) is 0 Å². The van der Waals surface area contributed by atoms with Crippen molar-refractivity contribution in [3.05, 3.63) is 24.3 Å². The van der Waals surface area contributed by atoms with E-state index in [-0.39, 0.29) is 11.8 Å². The highest BCUT2D eigenvalue weighted by Gasteiger charge is 2.58. The van der Waals surface area contributed by atoms with Crippen molar-refractivity contribution >= 4 is 17.5 Å². The lowest BCUT2D eigenvalue weighted by Gasteiger charge is -2.51. The first-order chi connectivity index (χ1) is 11.4. The zero-order chi connectivity index (χ0) is 17.7. The molecule has 0 bridgehead atoms. The number of nitrogens with one attached hydrogen (secondary N) is 1. The molecule has 5 nitrogen and oxygen atoms in total. The predicted molar refractivity (Wildman–Crippen MR) is 95.2 cm³/mol. The third-order valence-corrected chi connectivity index (χ3v) is 4.64. The normalized spacial score (nSPS) is 18.9. The summed E-state index contributed by atoms with van der Waals surface area (Å²) in [7, 11) is 1.60. The quantitative estimate of drug-likeness (QED) is 0.588. The number of benzene rings is 1. The van der Waals surface area contributed by atoms with Gasteiger partial charge in [-0.05, 0) is 44.5 Å². The Morgan fingerprint density at radius 1 is 1.21 bits per heavy atom. The Balaban J connectivity index is 2.04. The predicted octanol–water partition coefficient (Wildman–Crippen LogP) is 3.13. The number of methoxy groups -OCH3 is 1. The molecule has 1 saturated heterocycles. The second-order valence-corrected chi connectivity index (χ2v) is 6.85. The minimum Gasteiger partial charge on any atom is -0.497 e. The van der Waals surface area contributed by atoms with Gasteiger partial charge in [0.05, 0.1) is 12.5 Å². The van der Waals surface area contributed by atoms with Gasteiger partial charge in [-0.15, -0.1) is 0 Å². The third-order valence-electron chi connectivity index (χ3n) is 4.64. The van der Waals surface area contributed by atoms with E-state index in [9.17, 15) is 9.59 Å². The number of unbranched alkanes of at least 4 members (excludes halogenated alkanes) is 3. The maximum absolute atomic E-state index is 12.6. The molecule has 1 aromatic carbocycles. The standard InChI is InChI=1S/C19H28N2O3/c1-5-6-7-8-13-20-17(22)16-19(2,3)18(23)21(16)14-9-11-15(24-4)12-10-14/h9-12,16H,5-8,13H2,1-4H3,(H,20,22). The van der Waals surface area contributed by atoms with Crippen molar-refractivity contribution < 1.29 is 14.3 Å². The largest absolute Gasteiger partial charge is 0.497 e. The molecule has 1 N–H and O–H groups in total. The Morgan fingerprint density at radius 2 is 1.88 bits per heavy atom. The lowest BCUT2D eigenvalue weighted by Crippen LogP contribution is -2.71. The summed E-state index contributed by atoms with van der Waals surface area (Å²) in [6.45, 7) is 6.48. The summed E-state index contributed by atoms with van der Waals surface area (Å²) in [4.78, 5) is 26.7. The summed E-state index contributed by atoms with van der Waals surface area (Å²) in [5, 5.41) is 2.98. The highest BCUT2D eigenvalue weighted by atomic mass is 16.5. The fourth-order valence-corrected chi connectivity index (χ4v) is 3.12. The summed E-state index contributed by atoms with van der Waals surface area (Å²) in [5.41, 5.74) is 0.0548. The van der Waals surface area contributed by atoms with Crippen LogP contribution in [-0.2, 0) is 9.59 Å². The summed E-state index contributed by atoms with van der Waals surface area (Å²) in [6, 6.07) is 6.76. The third kappa shape index (κ3) is 3.55. The molecule has 1 atom stereocenters. The molecule has 0 aliphatic carbocycles. The number of carbonyl (C=O) groups excluding carboxylic acids is 2. The molecule has 24 heavy (non-hydrogen) atoms. The molecule has 132 valence electrons. The molecule has 0 saturated carbocycles. The van der Waals surface area contributed by atoms with Gasteiger partial charge in [-0.2, -0.15) is 0 Å². The average molecular weight is 332 g/mol. The molecule has 1 unspecified atom stereocenters. The van der Waals surface area contributed by atoms with Gasteiger partial charge < -0.3 is 10.1 Å². The van der Waals surface area contributed by atoms with E-state index >= 15 is 0 Å². The van der Waals surface area contributed by atoms with Crippen molar-refractivity contribution in [3.8, 4) is 5.75 Å². The molecule has 0 radical (unpaired) electrons. The monoisotopic (exact) mass is 332 g/mol. The first-order valence-electron chi connectivity index (χ1n) is 8.69. The van der Waals surface area contributed by atoms with Gasteiger partial charge in [0.15, 0.2) is 0 Å². The van der Waals surface area contributed by atoms with Crippen LogP contribution in [-0.4, -0.2) is 31.5 Å². The van der Waals surface area contributed by atoms with E-state index in [0.29, 0.717) is 6.54 Å². The van der Waals surface area contributed by atoms with E-state index in [4.69, 9.17) is 4.74 Å². The summed E-state index contributed by atoms with van der Waals surface area (Å²) >= 11 is 0. The molecule has 0 aromatic heterocycles. The highest BCUT2D eigenvalue weighted by molar-refractivity contribution is 6.13. The van der Waals surface area contributed by atoms with Gasteiger partial charge in [0.2, 0.25) is 11.8 Å². The molecule has 2 amide bonds. The molecule has 1 fully saturated rings. The van der Waals surface area contributed by atoms with Crippen LogP contribution in [0.1, 0.15) is 46.5 Å². The van der Waals surface area contributed by atoms with Crippen LogP contribution in [0, 0.1) is 5.41 Å². The number of nitrogens with zero attached hydrogens (tertiary/aromatic N) is 1. The van der Waals surface area contributed by atoms with E-state index in [0.717, 1.165) is 24.3 Å². The molecule has 1 heterocycles. The van der Waals surface area contributed by atoms with Gasteiger partial charge in [0.1, 0.15) is 11.8 Å². The fourth-order valence-electron chi connectivity index (χ4n) is 3.12. The van der Waals surface area contributed by atoms with Crippen LogP contribution in [0.5, 0.6) is 5.75 Å². The van der Waals surface area contributed by atoms with E-state index < -0.39 is 11.5 Å². The summed E-state index contributed by atoms with van der Waals surface area (Å²) in [5.74, 6) is 0.619. The number of hydrogen-bond donors (Lipinski definition) is 1. The number of ether oxygens (including phenoxy) is 1. The number of β-lactam (4-membered cyclic amide) rings is 1. The van der Waals surface area contributed by atoms with Gasteiger partial charge in [-0.1, -0.05) is 26.2 Å². The maximum Gasteiger partial charge on any atom is 0.244 e. The van der Waals surface area contributed by atoms with Gasteiger partial charge in [0.25, 0.3) is 0 Å². The van der Waals surface area contributed by atoms with Crippen molar-refractivity contribution in [2.45, 2.75) is 52.5 Å². The Bertz CT molecular complexity index is 581. The first kappa shape index (κ1) is 18.3. The SMILES string of the molecule is CCCCCCNC(=O)C1N(c2ccc(OC)cc2)C(=O)C1(C)C. The second kappa shape index (κ2) is 7.69. The van der Waals surface area contributed by atoms with Crippen LogP contribution in [0.2, 0.25) is 0 Å². The second-order valence-electron chi connectivity index (χ2n) is 6.85. The van der Waals surface area contributed by atoms with E-state index in [1.165, 1.54) is 12.8 Å². The molecule has 5 heteroatoms. The zero-order valence-electron chi connectivity index (χ0n) is 15.1. The van der Waals surface area contributed by atoms with E-state index in [2.05, 4.69) is 12.2 Å². The molecular weight excluding hydrogens is 304 g/mol. The van der Waals surface area contributed by atoms with E-state index in [1.807, 2.05) is 26.0 Å². The average Bonchev–Trinajstić information content (AvgIpc) is 2.58. The van der Waals surface area contributed by atoms with Gasteiger partial charge in [-0.25, -0.2) is 0 Å². The van der Waals surface area contributed by atoms with Crippen LogP contribution in [0.25, 0.3) is 0 Å². The van der Waals surface area contributed by atoms with Crippen molar-refractivity contribution in [3.63, 3.8) is 0 Å². The molecule has 2 rings (SSSR count). The number of carbonyl (C=O) groups is 2. The van der Waals surface area contributed by atoms with Crippen LogP contribution < -0.4 is 15.0 Å².